The zero-order valence-corrected chi connectivity index (χ0v) is 18.3. The van der Waals surface area contributed by atoms with Crippen molar-refractivity contribution in [2.45, 2.75) is 6.92 Å². The van der Waals surface area contributed by atoms with Gasteiger partial charge in [-0.1, -0.05) is 30.3 Å². The first-order valence-electron chi connectivity index (χ1n) is 10.5. The second-order valence-electron chi connectivity index (χ2n) is 7.34. The molecule has 0 bridgehead atoms. The standard InChI is InChI=1S/C25H26N4O4/c1-19-3-2-4-25(29(32)33)24(19)14-7-20-5-8-21(9-6-20)26-27-22-10-12-23(13-11-22)28(15-17-30)16-18-31/h2-14,30-31H,15-18H2,1H3. The third kappa shape index (κ3) is 6.55. The molecule has 3 aromatic rings. The van der Waals surface area contributed by atoms with Crippen LogP contribution in [0.15, 0.2) is 77.0 Å². The summed E-state index contributed by atoms with van der Waals surface area (Å²) < 4.78 is 0. The highest BCUT2D eigenvalue weighted by atomic mass is 16.6. The lowest BCUT2D eigenvalue weighted by molar-refractivity contribution is -0.385. The summed E-state index contributed by atoms with van der Waals surface area (Å²) in [7, 11) is 0. The Kier molecular flexibility index (Phi) is 8.40. The van der Waals surface area contributed by atoms with Crippen LogP contribution in [0.5, 0.6) is 0 Å². The molecule has 0 atom stereocenters. The predicted octanol–water partition coefficient (Wildman–Crippen LogP) is 5.28. The van der Waals surface area contributed by atoms with Crippen molar-refractivity contribution in [1.82, 2.24) is 0 Å². The average Bonchev–Trinajstić information content (AvgIpc) is 2.82. The molecule has 8 nitrogen and oxygen atoms in total. The fraction of sp³-hybridized carbons (Fsp3) is 0.200. The van der Waals surface area contributed by atoms with Crippen molar-refractivity contribution in [3.63, 3.8) is 0 Å². The van der Waals surface area contributed by atoms with Gasteiger partial charge < -0.3 is 15.1 Å². The summed E-state index contributed by atoms with van der Waals surface area (Å²) in [5.74, 6) is 0. The summed E-state index contributed by atoms with van der Waals surface area (Å²) in [6, 6.07) is 19.8. The van der Waals surface area contributed by atoms with Crippen LogP contribution in [0.1, 0.15) is 16.7 Å². The Bertz CT molecular complexity index is 1120. The molecule has 0 spiro atoms. The van der Waals surface area contributed by atoms with Crippen LogP contribution in [0.2, 0.25) is 0 Å². The largest absolute Gasteiger partial charge is 0.395 e. The Hall–Kier alpha value is -3.88. The molecule has 2 N–H and O–H groups in total. The third-order valence-electron chi connectivity index (χ3n) is 5.07. The number of nitro benzene ring substituents is 1. The molecular formula is C25H26N4O4. The normalized spacial score (nSPS) is 11.4. The number of azo groups is 1. The van der Waals surface area contributed by atoms with Crippen molar-refractivity contribution in [2.75, 3.05) is 31.2 Å². The van der Waals surface area contributed by atoms with Crippen LogP contribution in [0.3, 0.4) is 0 Å². The maximum absolute atomic E-state index is 11.3. The van der Waals surface area contributed by atoms with E-state index in [-0.39, 0.29) is 23.8 Å². The van der Waals surface area contributed by atoms with E-state index in [1.165, 1.54) is 6.07 Å². The first kappa shape index (κ1) is 23.8. The molecule has 0 radical (unpaired) electrons. The molecule has 0 aliphatic heterocycles. The molecule has 3 aromatic carbocycles. The minimum absolute atomic E-state index is 0.00842. The molecule has 0 amide bonds. The Morgan fingerprint density at radius 2 is 1.45 bits per heavy atom. The molecule has 0 saturated carbocycles. The first-order valence-corrected chi connectivity index (χ1v) is 10.5. The van der Waals surface area contributed by atoms with Gasteiger partial charge in [-0.25, -0.2) is 0 Å². The van der Waals surface area contributed by atoms with E-state index in [0.29, 0.717) is 30.0 Å². The first-order chi connectivity index (χ1) is 16.0. The van der Waals surface area contributed by atoms with Crippen LogP contribution in [0, 0.1) is 17.0 Å². The smallest absolute Gasteiger partial charge is 0.276 e. The number of nitro groups is 1. The van der Waals surface area contributed by atoms with Crippen LogP contribution in [-0.2, 0) is 0 Å². The van der Waals surface area contributed by atoms with Gasteiger partial charge in [0.1, 0.15) is 0 Å². The van der Waals surface area contributed by atoms with E-state index in [9.17, 15) is 10.1 Å². The van der Waals surface area contributed by atoms with E-state index in [1.54, 1.807) is 12.1 Å². The number of rotatable bonds is 10. The summed E-state index contributed by atoms with van der Waals surface area (Å²) in [5.41, 5.74) is 4.66. The topological polar surface area (TPSA) is 112 Å². The van der Waals surface area contributed by atoms with E-state index < -0.39 is 0 Å². The summed E-state index contributed by atoms with van der Waals surface area (Å²) in [5, 5.41) is 38.1. The second kappa shape index (κ2) is 11.7. The van der Waals surface area contributed by atoms with E-state index in [0.717, 1.165) is 16.8 Å². The molecule has 8 heteroatoms. The van der Waals surface area contributed by atoms with Crippen LogP contribution in [-0.4, -0.2) is 41.4 Å². The highest BCUT2D eigenvalue weighted by molar-refractivity contribution is 5.76. The molecule has 0 aliphatic carbocycles. The van der Waals surface area contributed by atoms with E-state index in [4.69, 9.17) is 10.2 Å². The number of hydrogen-bond acceptors (Lipinski definition) is 7. The van der Waals surface area contributed by atoms with E-state index in [2.05, 4.69) is 10.2 Å². The predicted molar refractivity (Wildman–Crippen MR) is 130 cm³/mol. The summed E-state index contributed by atoms with van der Waals surface area (Å²) in [4.78, 5) is 12.8. The van der Waals surface area contributed by atoms with Gasteiger partial charge in [-0.2, -0.15) is 10.2 Å². The monoisotopic (exact) mass is 446 g/mol. The van der Waals surface area contributed by atoms with Crippen molar-refractivity contribution in [3.8, 4) is 0 Å². The van der Waals surface area contributed by atoms with Crippen molar-refractivity contribution < 1.29 is 15.1 Å². The van der Waals surface area contributed by atoms with Gasteiger partial charge in [-0.15, -0.1) is 0 Å². The van der Waals surface area contributed by atoms with Gasteiger partial charge >= 0.3 is 0 Å². The molecule has 0 saturated heterocycles. The van der Waals surface area contributed by atoms with Crippen molar-refractivity contribution >= 4 is 34.9 Å². The van der Waals surface area contributed by atoms with Crippen LogP contribution in [0.25, 0.3) is 12.2 Å². The fourth-order valence-electron chi connectivity index (χ4n) is 3.33. The SMILES string of the molecule is Cc1cccc([N+](=O)[O-])c1C=Cc1ccc(N=Nc2ccc(N(CCO)CCO)cc2)cc1. The number of benzene rings is 3. The number of anilines is 1. The highest BCUT2D eigenvalue weighted by Gasteiger charge is 2.12. The zero-order valence-electron chi connectivity index (χ0n) is 18.3. The number of aryl methyl sites for hydroxylation is 1. The molecule has 0 aliphatic rings. The van der Waals surface area contributed by atoms with Gasteiger partial charge in [-0.3, -0.25) is 10.1 Å². The van der Waals surface area contributed by atoms with Crippen molar-refractivity contribution in [1.29, 1.82) is 0 Å². The maximum Gasteiger partial charge on any atom is 0.276 e. The quantitative estimate of drug-likeness (QED) is 0.190. The lowest BCUT2D eigenvalue weighted by Crippen LogP contribution is -2.29. The molecule has 0 fully saturated rings. The summed E-state index contributed by atoms with van der Waals surface area (Å²) >= 11 is 0. The van der Waals surface area contributed by atoms with Crippen molar-refractivity contribution in [3.05, 3.63) is 93.5 Å². The minimum Gasteiger partial charge on any atom is -0.395 e. The second-order valence-corrected chi connectivity index (χ2v) is 7.34. The van der Waals surface area contributed by atoms with Crippen LogP contribution >= 0.6 is 0 Å². The Labute approximate surface area is 192 Å². The Morgan fingerprint density at radius 3 is 2.00 bits per heavy atom. The summed E-state index contributed by atoms with van der Waals surface area (Å²) in [6.45, 7) is 2.75. The lowest BCUT2D eigenvalue weighted by Gasteiger charge is -2.22. The van der Waals surface area contributed by atoms with Crippen molar-refractivity contribution in [2.24, 2.45) is 10.2 Å². The molecular weight excluding hydrogens is 420 g/mol. The number of nitrogens with zero attached hydrogens (tertiary/aromatic N) is 4. The van der Waals surface area contributed by atoms with Gasteiger partial charge in [0.25, 0.3) is 5.69 Å². The molecule has 170 valence electrons. The van der Waals surface area contributed by atoms with Gasteiger partial charge in [0.15, 0.2) is 0 Å². The maximum atomic E-state index is 11.3. The molecule has 0 unspecified atom stereocenters. The van der Waals surface area contributed by atoms with Gasteiger partial charge in [0, 0.05) is 24.8 Å². The highest BCUT2D eigenvalue weighted by Crippen LogP contribution is 2.25. The Balaban J connectivity index is 1.68. The van der Waals surface area contributed by atoms with Gasteiger partial charge in [0.05, 0.1) is 35.1 Å². The molecule has 0 aromatic heterocycles. The number of aliphatic hydroxyl groups is 2. The van der Waals surface area contributed by atoms with Crippen LogP contribution < -0.4 is 4.90 Å². The minimum atomic E-state index is -0.376. The third-order valence-corrected chi connectivity index (χ3v) is 5.07. The van der Waals surface area contributed by atoms with E-state index in [1.807, 2.05) is 72.5 Å². The lowest BCUT2D eigenvalue weighted by atomic mass is 10.0. The van der Waals surface area contributed by atoms with Crippen LogP contribution in [0.4, 0.5) is 22.7 Å². The molecule has 0 heterocycles. The fourth-order valence-corrected chi connectivity index (χ4v) is 3.33. The van der Waals surface area contributed by atoms with Gasteiger partial charge in [-0.05, 0) is 60.5 Å². The average molecular weight is 447 g/mol. The Morgan fingerprint density at radius 1 is 0.879 bits per heavy atom. The number of hydrogen-bond donors (Lipinski definition) is 2. The van der Waals surface area contributed by atoms with Gasteiger partial charge in [0.2, 0.25) is 0 Å². The number of aliphatic hydroxyl groups excluding tert-OH is 2. The summed E-state index contributed by atoms with van der Waals surface area (Å²) in [6.07, 6.45) is 3.59. The molecule has 3 rings (SSSR count). The molecule has 33 heavy (non-hydrogen) atoms. The van der Waals surface area contributed by atoms with E-state index >= 15 is 0 Å². The zero-order chi connectivity index (χ0) is 23.6.